The molecule has 0 aliphatic heterocycles. The van der Waals surface area contributed by atoms with E-state index in [1.807, 2.05) is 18.2 Å². The molecule has 0 saturated heterocycles. The summed E-state index contributed by atoms with van der Waals surface area (Å²) in [6, 6.07) is 5.72. The van der Waals surface area contributed by atoms with Crippen molar-refractivity contribution in [3.63, 3.8) is 0 Å². The fourth-order valence-corrected chi connectivity index (χ4v) is 1.40. The lowest BCUT2D eigenvalue weighted by Crippen LogP contribution is -2.03. The van der Waals surface area contributed by atoms with Crippen LogP contribution in [-0.2, 0) is 0 Å². The van der Waals surface area contributed by atoms with Crippen LogP contribution in [0.15, 0.2) is 18.2 Å². The molecule has 0 atom stereocenters. The Morgan fingerprint density at radius 2 is 2.00 bits per heavy atom. The SMILES string of the molecule is COc1ccc(OC)c(NCCI)c1.Cl. The van der Waals surface area contributed by atoms with Gasteiger partial charge in [-0.25, -0.2) is 0 Å². The molecule has 1 aromatic rings. The van der Waals surface area contributed by atoms with Crippen molar-refractivity contribution in [2.24, 2.45) is 0 Å². The van der Waals surface area contributed by atoms with Crippen molar-refractivity contribution in [2.45, 2.75) is 0 Å². The minimum absolute atomic E-state index is 0. The molecule has 0 spiro atoms. The molecule has 1 N–H and O–H groups in total. The van der Waals surface area contributed by atoms with Crippen LogP contribution >= 0.6 is 35.0 Å². The number of ether oxygens (including phenoxy) is 2. The molecule has 0 amide bonds. The lowest BCUT2D eigenvalue weighted by Gasteiger charge is -2.11. The quantitative estimate of drug-likeness (QED) is 0.658. The highest BCUT2D eigenvalue weighted by molar-refractivity contribution is 14.1. The number of methoxy groups -OCH3 is 2. The van der Waals surface area contributed by atoms with Crippen molar-refractivity contribution in [1.29, 1.82) is 0 Å². The Morgan fingerprint density at radius 1 is 1.27 bits per heavy atom. The van der Waals surface area contributed by atoms with Crippen molar-refractivity contribution < 1.29 is 9.47 Å². The lowest BCUT2D eigenvalue weighted by atomic mass is 10.2. The Hall–Kier alpha value is -0.360. The summed E-state index contributed by atoms with van der Waals surface area (Å²) in [5, 5.41) is 3.28. The lowest BCUT2D eigenvalue weighted by molar-refractivity contribution is 0.404. The van der Waals surface area contributed by atoms with Gasteiger partial charge >= 0.3 is 0 Å². The maximum atomic E-state index is 5.22. The minimum atomic E-state index is 0. The first-order valence-electron chi connectivity index (χ1n) is 4.33. The Balaban J connectivity index is 0.00000196. The van der Waals surface area contributed by atoms with Crippen molar-refractivity contribution in [1.82, 2.24) is 0 Å². The molecule has 0 aliphatic carbocycles. The second kappa shape index (κ2) is 7.87. The van der Waals surface area contributed by atoms with E-state index >= 15 is 0 Å². The van der Waals surface area contributed by atoms with Gasteiger partial charge in [-0.1, -0.05) is 22.6 Å². The van der Waals surface area contributed by atoms with Crippen molar-refractivity contribution in [3.8, 4) is 11.5 Å². The standard InChI is InChI=1S/C10H14INO2.ClH/c1-13-8-3-4-10(14-2)9(7-8)12-6-5-11;/h3-4,7,12H,5-6H2,1-2H3;1H. The Morgan fingerprint density at radius 3 is 2.53 bits per heavy atom. The van der Waals surface area contributed by atoms with Crippen LogP contribution in [0.4, 0.5) is 5.69 Å². The molecule has 15 heavy (non-hydrogen) atoms. The van der Waals surface area contributed by atoms with Gasteiger partial charge in [0.05, 0.1) is 19.9 Å². The number of rotatable bonds is 5. The van der Waals surface area contributed by atoms with Gasteiger partial charge in [-0.15, -0.1) is 12.4 Å². The second-order valence-electron chi connectivity index (χ2n) is 2.68. The molecule has 0 unspecified atom stereocenters. The van der Waals surface area contributed by atoms with Crippen molar-refractivity contribution >= 4 is 40.7 Å². The van der Waals surface area contributed by atoms with E-state index in [2.05, 4.69) is 27.9 Å². The number of halogens is 2. The number of benzene rings is 1. The van der Waals surface area contributed by atoms with Gasteiger partial charge in [0.15, 0.2) is 0 Å². The van der Waals surface area contributed by atoms with E-state index in [-0.39, 0.29) is 12.4 Å². The molecule has 1 rings (SSSR count). The van der Waals surface area contributed by atoms with Crippen LogP contribution in [0.3, 0.4) is 0 Å². The third-order valence-electron chi connectivity index (χ3n) is 1.82. The molecule has 0 heterocycles. The van der Waals surface area contributed by atoms with E-state index in [1.54, 1.807) is 14.2 Å². The molecular weight excluding hydrogens is 328 g/mol. The molecule has 5 heteroatoms. The highest BCUT2D eigenvalue weighted by Crippen LogP contribution is 2.28. The zero-order chi connectivity index (χ0) is 10.4. The number of hydrogen-bond acceptors (Lipinski definition) is 3. The number of hydrogen-bond donors (Lipinski definition) is 1. The van der Waals surface area contributed by atoms with Crippen LogP contribution in [-0.4, -0.2) is 25.2 Å². The summed E-state index contributed by atoms with van der Waals surface area (Å²) in [4.78, 5) is 0. The first-order valence-corrected chi connectivity index (χ1v) is 5.86. The summed E-state index contributed by atoms with van der Waals surface area (Å²) in [5.41, 5.74) is 0.975. The van der Waals surface area contributed by atoms with Crippen LogP contribution in [0, 0.1) is 0 Å². The smallest absolute Gasteiger partial charge is 0.142 e. The zero-order valence-electron chi connectivity index (χ0n) is 8.75. The minimum Gasteiger partial charge on any atom is -0.497 e. The molecule has 0 bridgehead atoms. The van der Waals surface area contributed by atoms with Gasteiger partial charge in [0.25, 0.3) is 0 Å². The summed E-state index contributed by atoms with van der Waals surface area (Å²) >= 11 is 2.32. The van der Waals surface area contributed by atoms with Gasteiger partial charge in [-0.3, -0.25) is 0 Å². The summed E-state index contributed by atoms with van der Waals surface area (Å²) in [6.07, 6.45) is 0. The van der Waals surface area contributed by atoms with Crippen LogP contribution in [0.2, 0.25) is 0 Å². The maximum Gasteiger partial charge on any atom is 0.142 e. The predicted molar refractivity (Wildman–Crippen MR) is 74.2 cm³/mol. The molecule has 0 fully saturated rings. The molecule has 0 saturated carbocycles. The van der Waals surface area contributed by atoms with Gasteiger partial charge in [-0.05, 0) is 12.1 Å². The average Bonchev–Trinajstić information content (AvgIpc) is 2.25. The fourth-order valence-electron chi connectivity index (χ4n) is 1.13. The van der Waals surface area contributed by atoms with Gasteiger partial charge < -0.3 is 14.8 Å². The second-order valence-corrected chi connectivity index (χ2v) is 3.76. The molecule has 0 aromatic heterocycles. The Kier molecular flexibility index (Phi) is 7.68. The van der Waals surface area contributed by atoms with E-state index in [0.717, 1.165) is 28.2 Å². The normalized spacial score (nSPS) is 9.00. The van der Waals surface area contributed by atoms with E-state index in [1.165, 1.54) is 0 Å². The van der Waals surface area contributed by atoms with Gasteiger partial charge in [0, 0.05) is 17.0 Å². The third-order valence-corrected chi connectivity index (χ3v) is 2.36. The van der Waals surface area contributed by atoms with E-state index in [4.69, 9.17) is 9.47 Å². The molecule has 86 valence electrons. The molecule has 1 aromatic carbocycles. The highest BCUT2D eigenvalue weighted by atomic mass is 127. The first kappa shape index (κ1) is 14.6. The van der Waals surface area contributed by atoms with Crippen molar-refractivity contribution in [2.75, 3.05) is 30.5 Å². The highest BCUT2D eigenvalue weighted by Gasteiger charge is 2.03. The zero-order valence-corrected chi connectivity index (χ0v) is 11.7. The maximum absolute atomic E-state index is 5.22. The molecule has 0 aliphatic rings. The largest absolute Gasteiger partial charge is 0.497 e. The van der Waals surface area contributed by atoms with E-state index in [9.17, 15) is 0 Å². The van der Waals surface area contributed by atoms with Gasteiger partial charge in [0.2, 0.25) is 0 Å². The molecular formula is C10H15ClINO2. The van der Waals surface area contributed by atoms with Crippen LogP contribution in [0.5, 0.6) is 11.5 Å². The topological polar surface area (TPSA) is 30.5 Å². The van der Waals surface area contributed by atoms with Gasteiger partial charge in [0.1, 0.15) is 11.5 Å². The predicted octanol–water partition coefficient (Wildman–Crippen LogP) is 2.97. The van der Waals surface area contributed by atoms with Crippen LogP contribution < -0.4 is 14.8 Å². The number of alkyl halides is 1. The van der Waals surface area contributed by atoms with Crippen molar-refractivity contribution in [3.05, 3.63) is 18.2 Å². The summed E-state index contributed by atoms with van der Waals surface area (Å²) in [5.74, 6) is 1.68. The Labute approximate surface area is 110 Å². The van der Waals surface area contributed by atoms with E-state index in [0.29, 0.717) is 0 Å². The van der Waals surface area contributed by atoms with Crippen LogP contribution in [0.1, 0.15) is 0 Å². The number of anilines is 1. The Bertz CT molecular complexity index is 297. The monoisotopic (exact) mass is 343 g/mol. The molecule has 0 radical (unpaired) electrons. The van der Waals surface area contributed by atoms with Gasteiger partial charge in [-0.2, -0.15) is 0 Å². The van der Waals surface area contributed by atoms with E-state index < -0.39 is 0 Å². The molecule has 3 nitrogen and oxygen atoms in total. The fraction of sp³-hybridized carbons (Fsp3) is 0.400. The number of nitrogens with one attached hydrogen (secondary N) is 1. The summed E-state index contributed by atoms with van der Waals surface area (Å²) in [6.45, 7) is 0.921. The van der Waals surface area contributed by atoms with Crippen LogP contribution in [0.25, 0.3) is 0 Å². The average molecular weight is 344 g/mol. The summed E-state index contributed by atoms with van der Waals surface area (Å²) in [7, 11) is 3.32. The summed E-state index contributed by atoms with van der Waals surface area (Å²) < 4.78 is 11.4. The first-order chi connectivity index (χ1) is 6.81. The third kappa shape index (κ3) is 4.34.